The second kappa shape index (κ2) is 5.66. The SMILES string of the molecule is c1ccc(CN2N[C](c3ccccc3)c3ccccc32)cc1. The van der Waals surface area contributed by atoms with Crippen LogP contribution >= 0.6 is 0 Å². The topological polar surface area (TPSA) is 15.3 Å². The molecule has 22 heavy (non-hydrogen) atoms. The Bertz CT molecular complexity index is 753. The number of benzene rings is 3. The first-order chi connectivity index (χ1) is 10.9. The molecule has 1 heterocycles. The van der Waals surface area contributed by atoms with Crippen LogP contribution in [0.25, 0.3) is 0 Å². The van der Waals surface area contributed by atoms with E-state index in [2.05, 4.69) is 89.3 Å². The fraction of sp³-hybridized carbons (Fsp3) is 0.0500. The summed E-state index contributed by atoms with van der Waals surface area (Å²) in [5, 5.41) is 2.22. The van der Waals surface area contributed by atoms with Crippen molar-refractivity contribution in [3.05, 3.63) is 108 Å². The van der Waals surface area contributed by atoms with Gasteiger partial charge in [-0.1, -0.05) is 78.9 Å². The number of hydrogen-bond acceptors (Lipinski definition) is 2. The van der Waals surface area contributed by atoms with Gasteiger partial charge in [-0.2, -0.15) is 0 Å². The van der Waals surface area contributed by atoms with Crippen molar-refractivity contribution in [3.63, 3.8) is 0 Å². The van der Waals surface area contributed by atoms with Crippen LogP contribution in [0.15, 0.2) is 84.9 Å². The van der Waals surface area contributed by atoms with Gasteiger partial charge in [0.2, 0.25) is 0 Å². The van der Waals surface area contributed by atoms with E-state index in [4.69, 9.17) is 0 Å². The van der Waals surface area contributed by atoms with Crippen LogP contribution in [0.4, 0.5) is 5.69 Å². The summed E-state index contributed by atoms with van der Waals surface area (Å²) in [4.78, 5) is 0. The number of rotatable bonds is 3. The molecule has 2 nitrogen and oxygen atoms in total. The number of nitrogens with one attached hydrogen (secondary N) is 1. The Hall–Kier alpha value is -2.58. The number of anilines is 1. The van der Waals surface area contributed by atoms with E-state index >= 15 is 0 Å². The Morgan fingerprint density at radius 3 is 2.09 bits per heavy atom. The lowest BCUT2D eigenvalue weighted by Crippen LogP contribution is -2.34. The van der Waals surface area contributed by atoms with Crippen LogP contribution in [0, 0.1) is 6.04 Å². The monoisotopic (exact) mass is 285 g/mol. The molecule has 1 aliphatic rings. The minimum Gasteiger partial charge on any atom is -0.302 e. The maximum Gasteiger partial charge on any atom is 0.117 e. The van der Waals surface area contributed by atoms with Crippen molar-refractivity contribution in [1.82, 2.24) is 5.43 Å². The van der Waals surface area contributed by atoms with Crippen LogP contribution in [-0.2, 0) is 6.54 Å². The Kier molecular flexibility index (Phi) is 3.37. The second-order valence-corrected chi connectivity index (χ2v) is 5.44. The van der Waals surface area contributed by atoms with Crippen LogP contribution in [0.3, 0.4) is 0 Å². The van der Waals surface area contributed by atoms with Gasteiger partial charge in [0, 0.05) is 5.56 Å². The third-order valence-corrected chi connectivity index (χ3v) is 3.96. The predicted octanol–water partition coefficient (Wildman–Crippen LogP) is 4.14. The highest BCUT2D eigenvalue weighted by atomic mass is 15.5. The van der Waals surface area contributed by atoms with Crippen LogP contribution < -0.4 is 10.4 Å². The standard InChI is InChI=1S/C20H17N2/c1-3-9-16(10-4-1)15-22-19-14-8-7-13-18(19)20(21-22)17-11-5-2-6-12-17/h1-14,21H,15H2. The maximum atomic E-state index is 3.57. The van der Waals surface area contributed by atoms with Crippen molar-refractivity contribution in [2.75, 3.05) is 5.01 Å². The first-order valence-electron chi connectivity index (χ1n) is 7.52. The molecule has 3 aromatic carbocycles. The van der Waals surface area contributed by atoms with Crippen LogP contribution in [0.2, 0.25) is 0 Å². The first kappa shape index (κ1) is 13.1. The van der Waals surface area contributed by atoms with E-state index in [1.54, 1.807) is 0 Å². The third-order valence-electron chi connectivity index (χ3n) is 3.96. The minimum atomic E-state index is 0.841. The lowest BCUT2D eigenvalue weighted by Gasteiger charge is -2.20. The molecule has 0 fully saturated rings. The summed E-state index contributed by atoms with van der Waals surface area (Å²) in [6.07, 6.45) is 0. The largest absolute Gasteiger partial charge is 0.302 e. The highest BCUT2D eigenvalue weighted by molar-refractivity contribution is 5.67. The van der Waals surface area contributed by atoms with Crippen molar-refractivity contribution >= 4 is 5.69 Å². The molecule has 0 spiro atoms. The first-order valence-corrected chi connectivity index (χ1v) is 7.52. The van der Waals surface area contributed by atoms with E-state index in [-0.39, 0.29) is 0 Å². The quantitative estimate of drug-likeness (QED) is 0.778. The molecule has 2 heteroatoms. The Balaban J connectivity index is 1.68. The molecular weight excluding hydrogens is 268 g/mol. The van der Waals surface area contributed by atoms with Gasteiger partial charge in [0.05, 0.1) is 12.2 Å². The van der Waals surface area contributed by atoms with Crippen LogP contribution in [-0.4, -0.2) is 0 Å². The van der Waals surface area contributed by atoms with E-state index in [1.807, 2.05) is 6.07 Å². The van der Waals surface area contributed by atoms with Gasteiger partial charge in [-0.15, -0.1) is 0 Å². The number of para-hydroxylation sites is 1. The molecule has 0 aliphatic carbocycles. The molecule has 0 amide bonds. The average Bonchev–Trinajstić information content (AvgIpc) is 2.96. The maximum absolute atomic E-state index is 3.57. The summed E-state index contributed by atoms with van der Waals surface area (Å²) in [7, 11) is 0. The zero-order valence-corrected chi connectivity index (χ0v) is 12.2. The van der Waals surface area contributed by atoms with Crippen molar-refractivity contribution in [1.29, 1.82) is 0 Å². The minimum absolute atomic E-state index is 0.841. The molecule has 4 rings (SSSR count). The van der Waals surface area contributed by atoms with Gasteiger partial charge in [-0.05, 0) is 17.2 Å². The van der Waals surface area contributed by atoms with Gasteiger partial charge in [0.1, 0.15) is 6.04 Å². The Labute approximate surface area is 131 Å². The highest BCUT2D eigenvalue weighted by Crippen LogP contribution is 2.36. The Morgan fingerprint density at radius 1 is 0.682 bits per heavy atom. The molecule has 0 atom stereocenters. The summed E-state index contributed by atoms with van der Waals surface area (Å²) in [5.74, 6) is 0. The molecule has 3 aromatic rings. The smallest absolute Gasteiger partial charge is 0.117 e. The van der Waals surface area contributed by atoms with Gasteiger partial charge in [-0.3, -0.25) is 0 Å². The molecule has 0 bridgehead atoms. The molecule has 0 saturated heterocycles. The van der Waals surface area contributed by atoms with Crippen LogP contribution in [0.5, 0.6) is 0 Å². The Morgan fingerprint density at radius 2 is 1.32 bits per heavy atom. The van der Waals surface area contributed by atoms with E-state index < -0.39 is 0 Å². The lowest BCUT2D eigenvalue weighted by molar-refractivity contribution is 0.706. The van der Waals surface area contributed by atoms with Gasteiger partial charge >= 0.3 is 0 Å². The third kappa shape index (κ3) is 2.38. The van der Waals surface area contributed by atoms with Gasteiger partial charge in [0.15, 0.2) is 0 Å². The number of fused-ring (bicyclic) bond motifs is 1. The number of hydrogen-bond donors (Lipinski definition) is 1. The molecule has 1 aliphatic heterocycles. The summed E-state index contributed by atoms with van der Waals surface area (Å²) in [5.41, 5.74) is 8.56. The number of nitrogens with zero attached hydrogens (tertiary/aromatic N) is 1. The molecule has 0 unspecified atom stereocenters. The zero-order valence-electron chi connectivity index (χ0n) is 12.2. The van der Waals surface area contributed by atoms with E-state index in [0.717, 1.165) is 6.54 Å². The summed E-state index contributed by atoms with van der Waals surface area (Å²) in [6, 6.07) is 30.7. The number of hydrazine groups is 1. The zero-order chi connectivity index (χ0) is 14.8. The average molecular weight is 285 g/mol. The molecule has 1 radical (unpaired) electrons. The van der Waals surface area contributed by atoms with Crippen molar-refractivity contribution in [2.45, 2.75) is 6.54 Å². The van der Waals surface area contributed by atoms with Crippen molar-refractivity contribution in [2.24, 2.45) is 0 Å². The molecule has 107 valence electrons. The summed E-state index contributed by atoms with van der Waals surface area (Å²) >= 11 is 0. The van der Waals surface area contributed by atoms with Gasteiger partial charge < -0.3 is 5.01 Å². The van der Waals surface area contributed by atoms with Gasteiger partial charge in [0.25, 0.3) is 0 Å². The summed E-state index contributed by atoms with van der Waals surface area (Å²) < 4.78 is 0. The second-order valence-electron chi connectivity index (χ2n) is 5.44. The fourth-order valence-electron chi connectivity index (χ4n) is 2.89. The van der Waals surface area contributed by atoms with E-state index in [0.29, 0.717) is 0 Å². The predicted molar refractivity (Wildman–Crippen MR) is 90.1 cm³/mol. The van der Waals surface area contributed by atoms with Gasteiger partial charge in [-0.25, -0.2) is 5.43 Å². The van der Waals surface area contributed by atoms with E-state index in [1.165, 1.54) is 28.4 Å². The molecule has 1 N–H and O–H groups in total. The highest BCUT2D eigenvalue weighted by Gasteiger charge is 2.29. The normalized spacial score (nSPS) is 14.1. The lowest BCUT2D eigenvalue weighted by atomic mass is 9.99. The summed E-state index contributed by atoms with van der Waals surface area (Å²) in [6.45, 7) is 0.841. The van der Waals surface area contributed by atoms with Crippen LogP contribution in [0.1, 0.15) is 16.7 Å². The fourth-order valence-corrected chi connectivity index (χ4v) is 2.89. The molecule has 0 saturated carbocycles. The van der Waals surface area contributed by atoms with E-state index in [9.17, 15) is 0 Å². The molecule has 0 aromatic heterocycles. The van der Waals surface area contributed by atoms with Crippen molar-refractivity contribution in [3.8, 4) is 0 Å². The molecular formula is C20H17N2. The van der Waals surface area contributed by atoms with Crippen molar-refractivity contribution < 1.29 is 0 Å².